The van der Waals surface area contributed by atoms with E-state index in [0.717, 1.165) is 12.1 Å². The number of anilines is 1. The minimum atomic E-state index is -4.53. The Morgan fingerprint density at radius 2 is 1.90 bits per heavy atom. The predicted molar refractivity (Wildman–Crippen MR) is 103 cm³/mol. The molecule has 0 saturated heterocycles. The lowest BCUT2D eigenvalue weighted by Gasteiger charge is -2.27. The van der Waals surface area contributed by atoms with Gasteiger partial charge in [-0.1, -0.05) is 38.1 Å². The smallest absolute Gasteiger partial charge is 0.389 e. The van der Waals surface area contributed by atoms with Crippen LogP contribution in [0.4, 0.5) is 18.9 Å². The first kappa shape index (κ1) is 21.3. The molecule has 2 aromatic rings. The number of hydrogen-bond donors (Lipinski definition) is 2. The lowest BCUT2D eigenvalue weighted by molar-refractivity contribution is -0.137. The number of carbonyl (C=O) groups excluding carboxylic acids is 1. The Morgan fingerprint density at radius 3 is 2.59 bits per heavy atom. The fourth-order valence-corrected chi connectivity index (χ4v) is 3.16. The average molecular weight is 408 g/mol. The Hall–Kier alpha value is -2.42. The topological polar surface area (TPSA) is 61.8 Å². The number of hydrogen-bond acceptors (Lipinski definition) is 4. The summed E-state index contributed by atoms with van der Waals surface area (Å²) >= 11 is 0. The van der Waals surface area contributed by atoms with Crippen molar-refractivity contribution in [3.63, 3.8) is 0 Å². The minimum absolute atomic E-state index is 0.0819. The molecule has 1 amide bonds. The van der Waals surface area contributed by atoms with Gasteiger partial charge in [-0.15, -0.1) is 0 Å². The standard InChI is InChI=1S/C21H23F3N2O3/c1-13(2)25-11-16(27)12-29-20-18-9-4-3-8-17(18)19(28)26(20)15-7-5-6-14(10-15)21(22,23)24/h3-10,13,16,20,25,27H,11-12H2,1-2H3. The van der Waals surface area contributed by atoms with E-state index < -0.39 is 30.0 Å². The molecule has 0 aromatic heterocycles. The molecule has 0 fully saturated rings. The predicted octanol–water partition coefficient (Wildman–Crippen LogP) is 3.74. The van der Waals surface area contributed by atoms with Gasteiger partial charge in [-0.05, 0) is 24.3 Å². The molecular weight excluding hydrogens is 385 g/mol. The molecule has 0 aliphatic carbocycles. The van der Waals surface area contributed by atoms with Crippen LogP contribution in [0.5, 0.6) is 0 Å². The molecule has 2 N–H and O–H groups in total. The molecule has 1 heterocycles. The summed E-state index contributed by atoms with van der Waals surface area (Å²) in [4.78, 5) is 14.1. The van der Waals surface area contributed by atoms with Gasteiger partial charge in [0.05, 0.1) is 18.3 Å². The number of carbonyl (C=O) groups is 1. The van der Waals surface area contributed by atoms with Crippen molar-refractivity contribution in [2.24, 2.45) is 0 Å². The number of nitrogens with one attached hydrogen (secondary N) is 1. The third-order valence-electron chi connectivity index (χ3n) is 4.57. The van der Waals surface area contributed by atoms with E-state index in [1.165, 1.54) is 17.0 Å². The molecule has 0 saturated carbocycles. The van der Waals surface area contributed by atoms with E-state index in [9.17, 15) is 23.1 Å². The molecule has 0 bridgehead atoms. The van der Waals surface area contributed by atoms with Gasteiger partial charge >= 0.3 is 6.18 Å². The number of ether oxygens (including phenoxy) is 1. The number of fused-ring (bicyclic) bond motifs is 1. The van der Waals surface area contributed by atoms with Gasteiger partial charge in [0.2, 0.25) is 0 Å². The maximum atomic E-state index is 13.1. The van der Waals surface area contributed by atoms with Gasteiger partial charge in [0, 0.05) is 29.4 Å². The summed E-state index contributed by atoms with van der Waals surface area (Å²) in [6.07, 6.45) is -6.28. The lowest BCUT2D eigenvalue weighted by atomic mass is 10.1. The number of aliphatic hydroxyl groups is 1. The molecule has 156 valence electrons. The molecule has 29 heavy (non-hydrogen) atoms. The highest BCUT2D eigenvalue weighted by Crippen LogP contribution is 2.40. The van der Waals surface area contributed by atoms with Crippen LogP contribution in [-0.4, -0.2) is 36.3 Å². The van der Waals surface area contributed by atoms with Gasteiger partial charge in [-0.3, -0.25) is 9.69 Å². The third-order valence-corrected chi connectivity index (χ3v) is 4.57. The van der Waals surface area contributed by atoms with Gasteiger partial charge in [0.1, 0.15) is 0 Å². The van der Waals surface area contributed by atoms with Gasteiger partial charge in [-0.25, -0.2) is 0 Å². The van der Waals surface area contributed by atoms with Crippen LogP contribution >= 0.6 is 0 Å². The molecule has 5 nitrogen and oxygen atoms in total. The van der Waals surface area contributed by atoms with Crippen LogP contribution < -0.4 is 10.2 Å². The Balaban J connectivity index is 1.88. The molecule has 3 rings (SSSR count). The highest BCUT2D eigenvalue weighted by Gasteiger charge is 2.39. The van der Waals surface area contributed by atoms with E-state index in [4.69, 9.17) is 4.74 Å². The number of nitrogens with zero attached hydrogens (tertiary/aromatic N) is 1. The minimum Gasteiger partial charge on any atom is -0.389 e. The van der Waals surface area contributed by atoms with E-state index in [-0.39, 0.29) is 18.3 Å². The summed E-state index contributed by atoms with van der Waals surface area (Å²) in [5.41, 5.74) is 0.156. The van der Waals surface area contributed by atoms with Crippen molar-refractivity contribution in [2.45, 2.75) is 38.4 Å². The van der Waals surface area contributed by atoms with Crippen molar-refractivity contribution in [1.82, 2.24) is 5.32 Å². The number of alkyl halides is 3. The quantitative estimate of drug-likeness (QED) is 0.733. The van der Waals surface area contributed by atoms with Crippen LogP contribution in [0.3, 0.4) is 0 Å². The first-order valence-electron chi connectivity index (χ1n) is 9.31. The number of aliphatic hydroxyl groups excluding tert-OH is 1. The summed E-state index contributed by atoms with van der Waals surface area (Å²) in [5.74, 6) is -0.445. The van der Waals surface area contributed by atoms with E-state index in [0.29, 0.717) is 17.7 Å². The second-order valence-electron chi connectivity index (χ2n) is 7.21. The Morgan fingerprint density at radius 1 is 1.17 bits per heavy atom. The van der Waals surface area contributed by atoms with Crippen molar-refractivity contribution < 1.29 is 27.8 Å². The molecule has 1 aliphatic rings. The maximum absolute atomic E-state index is 13.1. The highest BCUT2D eigenvalue weighted by molar-refractivity contribution is 6.10. The van der Waals surface area contributed by atoms with Crippen molar-refractivity contribution in [1.29, 1.82) is 0 Å². The molecule has 2 atom stereocenters. The molecule has 1 aliphatic heterocycles. The second kappa shape index (κ2) is 8.52. The van der Waals surface area contributed by atoms with Crippen LogP contribution in [0, 0.1) is 0 Å². The summed E-state index contributed by atoms with van der Waals surface area (Å²) < 4.78 is 45.2. The normalized spacial score (nSPS) is 17.7. The summed E-state index contributed by atoms with van der Waals surface area (Å²) in [5, 5.41) is 13.2. The van der Waals surface area contributed by atoms with Crippen LogP contribution in [0.15, 0.2) is 48.5 Å². The molecule has 0 spiro atoms. The highest BCUT2D eigenvalue weighted by atomic mass is 19.4. The number of benzene rings is 2. The average Bonchev–Trinajstić information content (AvgIpc) is 2.96. The first-order chi connectivity index (χ1) is 13.7. The molecule has 2 aromatic carbocycles. The van der Waals surface area contributed by atoms with Crippen molar-refractivity contribution in [2.75, 3.05) is 18.1 Å². The van der Waals surface area contributed by atoms with Gasteiger partial charge in [0.25, 0.3) is 5.91 Å². The van der Waals surface area contributed by atoms with Gasteiger partial charge in [0.15, 0.2) is 6.23 Å². The Labute approximate surface area is 167 Å². The summed E-state index contributed by atoms with van der Waals surface area (Å²) in [7, 11) is 0. The van der Waals surface area contributed by atoms with E-state index in [2.05, 4.69) is 5.32 Å². The SMILES string of the molecule is CC(C)NCC(O)COC1c2ccccc2C(=O)N1c1cccc(C(F)(F)F)c1. The van der Waals surface area contributed by atoms with Crippen LogP contribution in [0.1, 0.15) is 41.6 Å². The summed E-state index contributed by atoms with van der Waals surface area (Å²) in [6, 6.07) is 11.5. The Bertz CT molecular complexity index is 870. The van der Waals surface area contributed by atoms with Crippen molar-refractivity contribution in [3.8, 4) is 0 Å². The fourth-order valence-electron chi connectivity index (χ4n) is 3.16. The maximum Gasteiger partial charge on any atom is 0.416 e. The second-order valence-corrected chi connectivity index (χ2v) is 7.21. The number of halogens is 3. The van der Waals surface area contributed by atoms with Crippen molar-refractivity contribution >= 4 is 11.6 Å². The zero-order valence-corrected chi connectivity index (χ0v) is 16.1. The summed E-state index contributed by atoms with van der Waals surface area (Å²) in [6.45, 7) is 4.09. The third kappa shape index (κ3) is 4.77. The number of amides is 1. The number of rotatable bonds is 7. The molecule has 8 heteroatoms. The van der Waals surface area contributed by atoms with Gasteiger partial charge < -0.3 is 15.2 Å². The lowest BCUT2D eigenvalue weighted by Crippen LogP contribution is -2.36. The van der Waals surface area contributed by atoms with Crippen LogP contribution in [0.2, 0.25) is 0 Å². The largest absolute Gasteiger partial charge is 0.416 e. The Kier molecular flexibility index (Phi) is 6.26. The van der Waals surface area contributed by atoms with Crippen LogP contribution in [0.25, 0.3) is 0 Å². The van der Waals surface area contributed by atoms with E-state index in [1.807, 2.05) is 13.8 Å². The van der Waals surface area contributed by atoms with Crippen LogP contribution in [-0.2, 0) is 10.9 Å². The monoisotopic (exact) mass is 408 g/mol. The van der Waals surface area contributed by atoms with E-state index in [1.54, 1.807) is 24.3 Å². The zero-order chi connectivity index (χ0) is 21.2. The van der Waals surface area contributed by atoms with Crippen molar-refractivity contribution in [3.05, 3.63) is 65.2 Å². The molecule has 0 radical (unpaired) electrons. The fraction of sp³-hybridized carbons (Fsp3) is 0.381. The first-order valence-corrected chi connectivity index (χ1v) is 9.31. The molecule has 2 unspecified atom stereocenters. The molecular formula is C21H23F3N2O3. The zero-order valence-electron chi connectivity index (χ0n) is 16.1. The van der Waals surface area contributed by atoms with E-state index >= 15 is 0 Å². The van der Waals surface area contributed by atoms with Gasteiger partial charge in [-0.2, -0.15) is 13.2 Å².